The van der Waals surface area contributed by atoms with E-state index in [0.717, 1.165) is 32.1 Å². The molecule has 0 aromatic rings. The van der Waals surface area contributed by atoms with Gasteiger partial charge >= 0.3 is 19.8 Å². The molecule has 0 aliphatic carbocycles. The van der Waals surface area contributed by atoms with E-state index in [1.165, 1.54) is 96.3 Å². The van der Waals surface area contributed by atoms with Gasteiger partial charge in [-0.1, -0.05) is 136 Å². The molecule has 42 heavy (non-hydrogen) atoms. The van der Waals surface area contributed by atoms with Crippen LogP contribution in [0.1, 0.15) is 162 Å². The van der Waals surface area contributed by atoms with Gasteiger partial charge in [0.1, 0.15) is 6.61 Å². The molecule has 0 aliphatic rings. The van der Waals surface area contributed by atoms with Crippen LogP contribution in [-0.4, -0.2) is 49.3 Å². The van der Waals surface area contributed by atoms with E-state index in [2.05, 4.69) is 13.8 Å². The van der Waals surface area contributed by atoms with Crippen molar-refractivity contribution in [2.24, 2.45) is 5.73 Å². The van der Waals surface area contributed by atoms with Gasteiger partial charge in [-0.25, -0.2) is 4.57 Å². The van der Waals surface area contributed by atoms with Crippen molar-refractivity contribution in [3.8, 4) is 0 Å². The standard InChI is InChI=1S/C32H64NO8P/c1-3-5-7-9-11-13-14-15-17-18-20-22-24-31(34)38-28-30(29-40-42(36,37)39-27-26-33)41-32(35)25-23-21-19-16-12-10-8-6-4-2/h30H,3-29,33H2,1-2H3,(H,36,37)/t30-/m1/s1. The van der Waals surface area contributed by atoms with E-state index in [0.29, 0.717) is 6.42 Å². The highest BCUT2D eigenvalue weighted by atomic mass is 31.2. The number of unbranched alkanes of at least 4 members (excludes halogenated alkanes) is 19. The maximum absolute atomic E-state index is 12.4. The molecule has 1 unspecified atom stereocenters. The molecule has 0 aromatic carbocycles. The first kappa shape index (κ1) is 41.0. The summed E-state index contributed by atoms with van der Waals surface area (Å²) >= 11 is 0. The van der Waals surface area contributed by atoms with Gasteiger partial charge in [0.25, 0.3) is 0 Å². The van der Waals surface area contributed by atoms with Gasteiger partial charge in [-0.3, -0.25) is 18.6 Å². The van der Waals surface area contributed by atoms with Gasteiger partial charge in [-0.2, -0.15) is 0 Å². The molecule has 0 bridgehead atoms. The summed E-state index contributed by atoms with van der Waals surface area (Å²) in [6.07, 6.45) is 24.2. The van der Waals surface area contributed by atoms with E-state index in [-0.39, 0.29) is 38.6 Å². The second-order valence-corrected chi connectivity index (χ2v) is 12.9. The van der Waals surface area contributed by atoms with E-state index in [1.807, 2.05) is 0 Å². The van der Waals surface area contributed by atoms with Crippen LogP contribution in [0.5, 0.6) is 0 Å². The molecule has 0 saturated carbocycles. The largest absolute Gasteiger partial charge is 0.472 e. The summed E-state index contributed by atoms with van der Waals surface area (Å²) in [5.41, 5.74) is 5.31. The van der Waals surface area contributed by atoms with Crippen molar-refractivity contribution in [1.29, 1.82) is 0 Å². The van der Waals surface area contributed by atoms with Crippen molar-refractivity contribution in [2.75, 3.05) is 26.4 Å². The van der Waals surface area contributed by atoms with Gasteiger partial charge in [0, 0.05) is 19.4 Å². The Kier molecular flexibility index (Phi) is 29.3. The van der Waals surface area contributed by atoms with Gasteiger partial charge in [-0.05, 0) is 12.8 Å². The van der Waals surface area contributed by atoms with Crippen LogP contribution in [0.2, 0.25) is 0 Å². The second-order valence-electron chi connectivity index (χ2n) is 11.4. The fraction of sp³-hybridized carbons (Fsp3) is 0.938. The highest BCUT2D eigenvalue weighted by Crippen LogP contribution is 2.43. The molecule has 0 aliphatic heterocycles. The highest BCUT2D eigenvalue weighted by molar-refractivity contribution is 7.47. The normalized spacial score (nSPS) is 13.5. The van der Waals surface area contributed by atoms with Crippen molar-refractivity contribution >= 4 is 19.8 Å². The van der Waals surface area contributed by atoms with Gasteiger partial charge in [0.2, 0.25) is 0 Å². The zero-order chi connectivity index (χ0) is 31.2. The molecule has 9 nitrogen and oxygen atoms in total. The van der Waals surface area contributed by atoms with Crippen molar-refractivity contribution in [3.05, 3.63) is 0 Å². The molecule has 0 spiro atoms. The third-order valence-electron chi connectivity index (χ3n) is 7.24. The summed E-state index contributed by atoms with van der Waals surface area (Å²) in [6.45, 7) is 3.69. The Labute approximate surface area is 257 Å². The van der Waals surface area contributed by atoms with E-state index < -0.39 is 26.5 Å². The van der Waals surface area contributed by atoms with E-state index in [9.17, 15) is 19.0 Å². The van der Waals surface area contributed by atoms with Crippen LogP contribution in [0.4, 0.5) is 0 Å². The Morgan fingerprint density at radius 3 is 1.45 bits per heavy atom. The minimum atomic E-state index is -4.35. The lowest BCUT2D eigenvalue weighted by molar-refractivity contribution is -0.161. The summed E-state index contributed by atoms with van der Waals surface area (Å²) in [6, 6.07) is 0. The lowest BCUT2D eigenvalue weighted by atomic mass is 10.0. The molecule has 250 valence electrons. The number of ether oxygens (including phenoxy) is 2. The Balaban J connectivity index is 4.25. The van der Waals surface area contributed by atoms with E-state index in [1.54, 1.807) is 0 Å². The van der Waals surface area contributed by atoms with Crippen LogP contribution in [0.25, 0.3) is 0 Å². The molecule has 3 N–H and O–H groups in total. The summed E-state index contributed by atoms with van der Waals surface area (Å²) in [5, 5.41) is 0. The number of carbonyl (C=O) groups is 2. The quantitative estimate of drug-likeness (QED) is 0.0430. The molecule has 0 fully saturated rings. The number of phosphoric acid groups is 1. The zero-order valence-electron chi connectivity index (χ0n) is 27.0. The Hall–Kier alpha value is -0.990. The molecule has 0 rings (SSSR count). The third-order valence-corrected chi connectivity index (χ3v) is 8.23. The molecule has 0 amide bonds. The fourth-order valence-corrected chi connectivity index (χ4v) is 5.46. The van der Waals surface area contributed by atoms with Crippen LogP contribution in [0, 0.1) is 0 Å². The lowest BCUT2D eigenvalue weighted by Gasteiger charge is -2.19. The molecule has 0 saturated heterocycles. The minimum absolute atomic E-state index is 0.0573. The SMILES string of the molecule is CCCCCCCCCCCCCCC(=O)OC[C@H](COP(=O)(O)OCCN)OC(=O)CCCCCCCCCCC. The third kappa shape index (κ3) is 29.1. The molecule has 0 radical (unpaired) electrons. The first-order valence-electron chi connectivity index (χ1n) is 17.0. The number of hydrogen-bond acceptors (Lipinski definition) is 8. The molecule has 0 heterocycles. The molecule has 0 aromatic heterocycles. The minimum Gasteiger partial charge on any atom is -0.462 e. The molecular formula is C32H64NO8P. The average Bonchev–Trinajstić information content (AvgIpc) is 2.97. The topological polar surface area (TPSA) is 134 Å². The lowest BCUT2D eigenvalue weighted by Crippen LogP contribution is -2.29. The van der Waals surface area contributed by atoms with Crippen LogP contribution in [0.3, 0.4) is 0 Å². The average molecular weight is 622 g/mol. The predicted molar refractivity (Wildman–Crippen MR) is 169 cm³/mol. The number of hydrogen-bond donors (Lipinski definition) is 2. The Morgan fingerprint density at radius 2 is 1.02 bits per heavy atom. The van der Waals surface area contributed by atoms with Gasteiger partial charge in [0.15, 0.2) is 6.10 Å². The van der Waals surface area contributed by atoms with E-state index >= 15 is 0 Å². The Bertz CT molecular complexity index is 679. The van der Waals surface area contributed by atoms with Crippen molar-refractivity contribution in [2.45, 2.75) is 168 Å². The van der Waals surface area contributed by atoms with Crippen LogP contribution in [-0.2, 0) is 32.7 Å². The molecule has 2 atom stereocenters. The summed E-state index contributed by atoms with van der Waals surface area (Å²) in [5.74, 6) is -0.826. The van der Waals surface area contributed by atoms with Crippen molar-refractivity contribution in [3.63, 3.8) is 0 Å². The summed E-state index contributed by atoms with van der Waals surface area (Å²) in [7, 11) is -4.35. The highest BCUT2D eigenvalue weighted by Gasteiger charge is 2.25. The second kappa shape index (κ2) is 30.1. The van der Waals surface area contributed by atoms with Gasteiger partial charge < -0.3 is 20.1 Å². The summed E-state index contributed by atoms with van der Waals surface area (Å²) in [4.78, 5) is 34.5. The maximum atomic E-state index is 12.4. The number of carbonyl (C=O) groups excluding carboxylic acids is 2. The van der Waals surface area contributed by atoms with Crippen LogP contribution < -0.4 is 5.73 Å². The van der Waals surface area contributed by atoms with Gasteiger partial charge in [-0.15, -0.1) is 0 Å². The maximum Gasteiger partial charge on any atom is 0.472 e. The van der Waals surface area contributed by atoms with Crippen LogP contribution >= 0.6 is 7.82 Å². The number of phosphoric ester groups is 1. The summed E-state index contributed by atoms with van der Waals surface area (Å²) < 4.78 is 32.5. The van der Waals surface area contributed by atoms with Crippen LogP contribution in [0.15, 0.2) is 0 Å². The molecule has 10 heteroatoms. The van der Waals surface area contributed by atoms with E-state index in [4.69, 9.17) is 24.3 Å². The fourth-order valence-electron chi connectivity index (χ4n) is 4.69. The van der Waals surface area contributed by atoms with Crippen molar-refractivity contribution < 1.29 is 37.6 Å². The smallest absolute Gasteiger partial charge is 0.462 e. The zero-order valence-corrected chi connectivity index (χ0v) is 27.9. The monoisotopic (exact) mass is 621 g/mol. The number of esters is 2. The first-order valence-corrected chi connectivity index (χ1v) is 18.5. The Morgan fingerprint density at radius 1 is 0.619 bits per heavy atom. The number of rotatable bonds is 32. The van der Waals surface area contributed by atoms with Gasteiger partial charge in [0.05, 0.1) is 13.2 Å². The van der Waals surface area contributed by atoms with Crippen molar-refractivity contribution in [1.82, 2.24) is 0 Å². The molecular weight excluding hydrogens is 557 g/mol. The predicted octanol–water partition coefficient (Wildman–Crippen LogP) is 8.55. The first-order chi connectivity index (χ1) is 20.3. The number of nitrogens with two attached hydrogens (primary N) is 1.